The highest BCUT2D eigenvalue weighted by Gasteiger charge is 2.23. The molecule has 1 saturated heterocycles. The number of amides is 2. The monoisotopic (exact) mass is 479 g/mol. The zero-order valence-corrected chi connectivity index (χ0v) is 19.8. The molecule has 1 aliphatic heterocycles. The molecule has 34 heavy (non-hydrogen) atoms. The van der Waals surface area contributed by atoms with Crippen LogP contribution in [-0.2, 0) is 0 Å². The highest BCUT2D eigenvalue weighted by Crippen LogP contribution is 2.31. The van der Waals surface area contributed by atoms with Crippen molar-refractivity contribution in [3.05, 3.63) is 82.9 Å². The first-order valence-electron chi connectivity index (χ1n) is 10.9. The predicted molar refractivity (Wildman–Crippen MR) is 134 cm³/mol. The van der Waals surface area contributed by atoms with E-state index in [1.165, 1.54) is 7.11 Å². The smallest absolute Gasteiger partial charge is 0.259 e. The maximum Gasteiger partial charge on any atom is 0.259 e. The molecule has 0 saturated carbocycles. The molecule has 4 rings (SSSR count). The van der Waals surface area contributed by atoms with Crippen molar-refractivity contribution < 1.29 is 19.1 Å². The lowest BCUT2D eigenvalue weighted by Crippen LogP contribution is -2.48. The lowest BCUT2D eigenvalue weighted by Gasteiger charge is -2.36. The van der Waals surface area contributed by atoms with E-state index in [1.807, 2.05) is 47.4 Å². The van der Waals surface area contributed by atoms with E-state index in [0.29, 0.717) is 59.5 Å². The molecule has 0 radical (unpaired) electrons. The van der Waals surface area contributed by atoms with Crippen LogP contribution >= 0.6 is 11.6 Å². The first-order chi connectivity index (χ1) is 16.5. The quantitative estimate of drug-likeness (QED) is 0.560. The highest BCUT2D eigenvalue weighted by molar-refractivity contribution is 6.33. The van der Waals surface area contributed by atoms with Gasteiger partial charge in [-0.25, -0.2) is 0 Å². The molecular formula is C26H26ClN3O4. The molecular weight excluding hydrogens is 454 g/mol. The maximum absolute atomic E-state index is 12.8. The predicted octanol–water partition coefficient (Wildman–Crippen LogP) is 4.57. The number of nitrogens with one attached hydrogen (secondary N) is 1. The fourth-order valence-corrected chi connectivity index (χ4v) is 4.24. The van der Waals surface area contributed by atoms with Gasteiger partial charge >= 0.3 is 0 Å². The van der Waals surface area contributed by atoms with Crippen molar-refractivity contribution in [3.8, 4) is 11.5 Å². The van der Waals surface area contributed by atoms with Crippen molar-refractivity contribution in [3.63, 3.8) is 0 Å². The number of hydrogen-bond donors (Lipinski definition) is 1. The molecule has 2 amide bonds. The molecule has 1 N–H and O–H groups in total. The molecule has 1 aliphatic rings. The van der Waals surface area contributed by atoms with Crippen LogP contribution in [0.15, 0.2) is 66.7 Å². The average Bonchev–Trinajstić information content (AvgIpc) is 2.88. The minimum atomic E-state index is -0.309. The van der Waals surface area contributed by atoms with Gasteiger partial charge in [0.2, 0.25) is 0 Å². The van der Waals surface area contributed by atoms with E-state index in [9.17, 15) is 9.59 Å². The number of anilines is 2. The molecule has 0 atom stereocenters. The summed E-state index contributed by atoms with van der Waals surface area (Å²) >= 11 is 6.57. The van der Waals surface area contributed by atoms with Gasteiger partial charge in [0, 0.05) is 43.5 Å². The molecule has 0 aromatic heterocycles. The average molecular weight is 480 g/mol. The van der Waals surface area contributed by atoms with E-state index in [0.717, 1.165) is 5.69 Å². The number of carbonyl (C=O) groups is 2. The number of halogens is 1. The number of benzene rings is 3. The lowest BCUT2D eigenvalue weighted by molar-refractivity contribution is 0.0746. The molecule has 0 bridgehead atoms. The van der Waals surface area contributed by atoms with E-state index in [4.69, 9.17) is 21.1 Å². The number of rotatable bonds is 6. The van der Waals surface area contributed by atoms with Gasteiger partial charge in [-0.15, -0.1) is 0 Å². The van der Waals surface area contributed by atoms with Crippen LogP contribution in [-0.4, -0.2) is 57.1 Å². The largest absolute Gasteiger partial charge is 0.497 e. The van der Waals surface area contributed by atoms with Gasteiger partial charge in [-0.2, -0.15) is 0 Å². The second-order valence-corrected chi connectivity index (χ2v) is 8.24. The van der Waals surface area contributed by atoms with Crippen molar-refractivity contribution in [1.29, 1.82) is 0 Å². The Morgan fingerprint density at radius 1 is 0.882 bits per heavy atom. The molecule has 176 valence electrons. The fourth-order valence-electron chi connectivity index (χ4n) is 3.94. The third-order valence-electron chi connectivity index (χ3n) is 5.79. The number of nitrogens with zero attached hydrogens (tertiary/aromatic N) is 2. The van der Waals surface area contributed by atoms with Gasteiger partial charge in [0.15, 0.2) is 0 Å². The Balaban J connectivity index is 1.40. The van der Waals surface area contributed by atoms with Crippen molar-refractivity contribution >= 4 is 34.8 Å². The number of hydrogen-bond acceptors (Lipinski definition) is 5. The summed E-state index contributed by atoms with van der Waals surface area (Å²) < 4.78 is 10.5. The van der Waals surface area contributed by atoms with Crippen molar-refractivity contribution in [2.75, 3.05) is 50.6 Å². The summed E-state index contributed by atoms with van der Waals surface area (Å²) in [4.78, 5) is 29.5. The Hall–Kier alpha value is -3.71. The molecule has 8 heteroatoms. The summed E-state index contributed by atoms with van der Waals surface area (Å²) in [6.07, 6.45) is 0. The standard InChI is InChI=1S/C26H26ClN3O4/c1-33-20-9-10-21(24(17-20)34-2)25(31)28-19-8-11-23(22(27)16-19)29-12-14-30(15-13-29)26(32)18-6-4-3-5-7-18/h3-11,16-17H,12-15H2,1-2H3,(H,28,31). The third kappa shape index (κ3) is 5.10. The zero-order chi connectivity index (χ0) is 24.1. The maximum atomic E-state index is 12.8. The van der Waals surface area contributed by atoms with Gasteiger partial charge < -0.3 is 24.6 Å². The number of carbonyl (C=O) groups excluding carboxylic acids is 2. The first kappa shape index (κ1) is 23.4. The Kier molecular flexibility index (Phi) is 7.23. The summed E-state index contributed by atoms with van der Waals surface area (Å²) in [5.41, 5.74) is 2.54. The van der Waals surface area contributed by atoms with E-state index < -0.39 is 0 Å². The normalized spacial score (nSPS) is 13.4. The van der Waals surface area contributed by atoms with Crippen molar-refractivity contribution in [1.82, 2.24) is 4.90 Å². The Morgan fingerprint density at radius 2 is 1.62 bits per heavy atom. The lowest BCUT2D eigenvalue weighted by atomic mass is 10.1. The van der Waals surface area contributed by atoms with Crippen molar-refractivity contribution in [2.24, 2.45) is 0 Å². The van der Waals surface area contributed by atoms with Gasteiger partial charge in [0.25, 0.3) is 11.8 Å². The Morgan fingerprint density at radius 3 is 2.26 bits per heavy atom. The van der Waals surface area contributed by atoms with Crippen LogP contribution in [0.25, 0.3) is 0 Å². The SMILES string of the molecule is COc1ccc(C(=O)Nc2ccc(N3CCN(C(=O)c4ccccc4)CC3)c(Cl)c2)c(OC)c1. The molecule has 0 aliphatic carbocycles. The number of ether oxygens (including phenoxy) is 2. The Labute approximate surface area is 203 Å². The molecule has 7 nitrogen and oxygen atoms in total. The zero-order valence-electron chi connectivity index (χ0n) is 19.1. The molecule has 0 spiro atoms. The second-order valence-electron chi connectivity index (χ2n) is 7.83. The summed E-state index contributed by atoms with van der Waals surface area (Å²) in [7, 11) is 3.06. The van der Waals surface area contributed by atoms with Gasteiger partial charge in [0.05, 0.1) is 30.5 Å². The van der Waals surface area contributed by atoms with Crippen LogP contribution in [0.2, 0.25) is 5.02 Å². The summed E-state index contributed by atoms with van der Waals surface area (Å²) in [6, 6.07) is 19.8. The topological polar surface area (TPSA) is 71.1 Å². The van der Waals surface area contributed by atoms with Gasteiger partial charge in [-0.1, -0.05) is 29.8 Å². The van der Waals surface area contributed by atoms with Crippen LogP contribution in [0.1, 0.15) is 20.7 Å². The van der Waals surface area contributed by atoms with E-state index in [2.05, 4.69) is 10.2 Å². The van der Waals surface area contributed by atoms with Crippen LogP contribution < -0.4 is 19.7 Å². The molecule has 0 unspecified atom stereocenters. The minimum Gasteiger partial charge on any atom is -0.497 e. The third-order valence-corrected chi connectivity index (χ3v) is 6.09. The van der Waals surface area contributed by atoms with E-state index >= 15 is 0 Å². The fraction of sp³-hybridized carbons (Fsp3) is 0.231. The first-order valence-corrected chi connectivity index (χ1v) is 11.3. The number of methoxy groups -OCH3 is 2. The van der Waals surface area contributed by atoms with Crippen LogP contribution in [0.5, 0.6) is 11.5 Å². The number of piperazine rings is 1. The van der Waals surface area contributed by atoms with Gasteiger partial charge in [-0.05, 0) is 42.5 Å². The van der Waals surface area contributed by atoms with Crippen LogP contribution in [0, 0.1) is 0 Å². The van der Waals surface area contributed by atoms with E-state index in [1.54, 1.807) is 31.4 Å². The van der Waals surface area contributed by atoms with Crippen molar-refractivity contribution in [2.45, 2.75) is 0 Å². The van der Waals surface area contributed by atoms with Crippen LogP contribution in [0.3, 0.4) is 0 Å². The molecule has 1 fully saturated rings. The summed E-state index contributed by atoms with van der Waals surface area (Å²) in [6.45, 7) is 2.57. The second kappa shape index (κ2) is 10.5. The molecule has 1 heterocycles. The Bertz CT molecular complexity index is 1180. The van der Waals surface area contributed by atoms with E-state index in [-0.39, 0.29) is 11.8 Å². The molecule has 3 aromatic carbocycles. The molecule has 3 aromatic rings. The van der Waals surface area contributed by atoms with Gasteiger partial charge in [-0.3, -0.25) is 9.59 Å². The minimum absolute atomic E-state index is 0.0402. The highest BCUT2D eigenvalue weighted by atomic mass is 35.5. The summed E-state index contributed by atoms with van der Waals surface area (Å²) in [5.74, 6) is 0.753. The van der Waals surface area contributed by atoms with Crippen LogP contribution in [0.4, 0.5) is 11.4 Å². The summed E-state index contributed by atoms with van der Waals surface area (Å²) in [5, 5.41) is 3.40. The van der Waals surface area contributed by atoms with Gasteiger partial charge in [0.1, 0.15) is 11.5 Å².